The fourth-order valence-corrected chi connectivity index (χ4v) is 2.22. The van der Waals surface area contributed by atoms with Gasteiger partial charge in [0.1, 0.15) is 0 Å². The normalized spacial score (nSPS) is 19.4. The standard InChI is InChI=1S/C13H12F3N3O/c14-13(15,16)10-3-1-2-8(6-10)11-18-12(20-19-11)9-4-5-17-7-9/h1-3,6,9,17H,4-5,7H2. The van der Waals surface area contributed by atoms with Crippen LogP contribution in [0.15, 0.2) is 28.8 Å². The van der Waals surface area contributed by atoms with Gasteiger partial charge in [0, 0.05) is 12.1 Å². The van der Waals surface area contributed by atoms with E-state index in [4.69, 9.17) is 4.52 Å². The number of halogens is 3. The highest BCUT2D eigenvalue weighted by molar-refractivity contribution is 5.55. The van der Waals surface area contributed by atoms with Gasteiger partial charge in [-0.2, -0.15) is 18.2 Å². The summed E-state index contributed by atoms with van der Waals surface area (Å²) in [5.41, 5.74) is -0.412. The molecule has 0 saturated carbocycles. The van der Waals surface area contributed by atoms with Crippen molar-refractivity contribution < 1.29 is 17.7 Å². The molecule has 0 spiro atoms. The van der Waals surface area contributed by atoms with Crippen molar-refractivity contribution in [1.29, 1.82) is 0 Å². The Balaban J connectivity index is 1.89. The van der Waals surface area contributed by atoms with Crippen LogP contribution in [0.2, 0.25) is 0 Å². The van der Waals surface area contributed by atoms with E-state index in [1.54, 1.807) is 0 Å². The summed E-state index contributed by atoms with van der Waals surface area (Å²) in [6.07, 6.45) is -3.48. The van der Waals surface area contributed by atoms with Crippen molar-refractivity contribution in [2.75, 3.05) is 13.1 Å². The van der Waals surface area contributed by atoms with Crippen molar-refractivity contribution in [2.45, 2.75) is 18.5 Å². The van der Waals surface area contributed by atoms with Crippen molar-refractivity contribution in [1.82, 2.24) is 15.5 Å². The second kappa shape index (κ2) is 4.90. The van der Waals surface area contributed by atoms with E-state index in [9.17, 15) is 13.2 Å². The summed E-state index contributed by atoms with van der Waals surface area (Å²) in [4.78, 5) is 4.20. The quantitative estimate of drug-likeness (QED) is 0.920. The smallest absolute Gasteiger partial charge is 0.339 e. The zero-order valence-corrected chi connectivity index (χ0v) is 10.4. The second-order valence-electron chi connectivity index (χ2n) is 4.72. The van der Waals surface area contributed by atoms with Crippen LogP contribution in [0.5, 0.6) is 0 Å². The van der Waals surface area contributed by atoms with Crippen LogP contribution < -0.4 is 5.32 Å². The topological polar surface area (TPSA) is 51.0 Å². The fourth-order valence-electron chi connectivity index (χ4n) is 2.22. The third kappa shape index (κ3) is 2.53. The highest BCUT2D eigenvalue weighted by Gasteiger charge is 2.31. The first kappa shape index (κ1) is 13.1. The number of nitrogens with one attached hydrogen (secondary N) is 1. The van der Waals surface area contributed by atoms with E-state index in [-0.39, 0.29) is 11.7 Å². The summed E-state index contributed by atoms with van der Waals surface area (Å²) in [5, 5.41) is 6.95. The Bertz CT molecular complexity index is 603. The third-order valence-electron chi connectivity index (χ3n) is 3.30. The number of rotatable bonds is 2. The maximum Gasteiger partial charge on any atom is 0.416 e. The van der Waals surface area contributed by atoms with Gasteiger partial charge in [-0.1, -0.05) is 17.3 Å². The summed E-state index contributed by atoms with van der Waals surface area (Å²) >= 11 is 0. The summed E-state index contributed by atoms with van der Waals surface area (Å²) in [7, 11) is 0. The van der Waals surface area contributed by atoms with Crippen LogP contribution in [0.25, 0.3) is 11.4 Å². The van der Waals surface area contributed by atoms with Gasteiger partial charge in [0.05, 0.1) is 11.5 Å². The SMILES string of the molecule is FC(F)(F)c1cccc(-c2noc(C3CCNC3)n2)c1. The predicted octanol–water partition coefficient (Wildman–Crippen LogP) is 2.83. The second-order valence-corrected chi connectivity index (χ2v) is 4.72. The first-order valence-corrected chi connectivity index (χ1v) is 6.26. The molecule has 0 bridgehead atoms. The van der Waals surface area contributed by atoms with Crippen molar-refractivity contribution in [3.05, 3.63) is 35.7 Å². The van der Waals surface area contributed by atoms with Gasteiger partial charge >= 0.3 is 6.18 Å². The van der Waals surface area contributed by atoms with Crippen molar-refractivity contribution in [3.8, 4) is 11.4 Å². The number of alkyl halides is 3. The van der Waals surface area contributed by atoms with Crippen molar-refractivity contribution in [3.63, 3.8) is 0 Å². The number of hydrogen-bond acceptors (Lipinski definition) is 4. The lowest BCUT2D eigenvalue weighted by Gasteiger charge is -2.06. The molecule has 0 aliphatic carbocycles. The van der Waals surface area contributed by atoms with Crippen molar-refractivity contribution in [2.24, 2.45) is 0 Å². The molecule has 0 amide bonds. The molecule has 1 aromatic heterocycles. The van der Waals surface area contributed by atoms with E-state index in [1.807, 2.05) is 0 Å². The molecular formula is C13H12F3N3O. The molecule has 106 valence electrons. The average Bonchev–Trinajstić information content (AvgIpc) is 3.09. The summed E-state index contributed by atoms with van der Waals surface area (Å²) in [6.45, 7) is 1.64. The molecule has 1 atom stereocenters. The Kier molecular flexibility index (Phi) is 3.21. The highest BCUT2D eigenvalue weighted by atomic mass is 19.4. The van der Waals surface area contributed by atoms with Crippen molar-refractivity contribution >= 4 is 0 Å². The Morgan fingerprint density at radius 1 is 1.30 bits per heavy atom. The molecule has 1 saturated heterocycles. The lowest BCUT2D eigenvalue weighted by molar-refractivity contribution is -0.137. The highest BCUT2D eigenvalue weighted by Crippen LogP contribution is 2.32. The fraction of sp³-hybridized carbons (Fsp3) is 0.385. The molecule has 1 aromatic carbocycles. The first-order valence-electron chi connectivity index (χ1n) is 6.26. The van der Waals surface area contributed by atoms with E-state index in [1.165, 1.54) is 12.1 Å². The monoisotopic (exact) mass is 283 g/mol. The number of hydrogen-bond donors (Lipinski definition) is 1. The molecule has 1 fully saturated rings. The van der Waals surface area contributed by atoms with E-state index in [2.05, 4.69) is 15.5 Å². The molecule has 20 heavy (non-hydrogen) atoms. The van der Waals surface area contributed by atoms with Crippen LogP contribution in [0, 0.1) is 0 Å². The van der Waals surface area contributed by atoms with Gasteiger partial charge in [-0.25, -0.2) is 0 Å². The molecule has 3 rings (SSSR count). The van der Waals surface area contributed by atoms with Gasteiger partial charge in [0.2, 0.25) is 11.7 Å². The van der Waals surface area contributed by atoms with Crippen LogP contribution in [0.4, 0.5) is 13.2 Å². The lowest BCUT2D eigenvalue weighted by atomic mass is 10.1. The van der Waals surface area contributed by atoms with Gasteiger partial charge in [-0.15, -0.1) is 0 Å². The molecular weight excluding hydrogens is 271 g/mol. The van der Waals surface area contributed by atoms with Crippen LogP contribution in [-0.2, 0) is 6.18 Å². The number of aromatic nitrogens is 2. The minimum absolute atomic E-state index is 0.141. The van der Waals surface area contributed by atoms with Crippen LogP contribution in [0.1, 0.15) is 23.8 Å². The Hall–Kier alpha value is -1.89. The molecule has 0 radical (unpaired) electrons. The minimum atomic E-state index is -4.38. The summed E-state index contributed by atoms with van der Waals surface area (Å²) < 4.78 is 43.1. The first-order chi connectivity index (χ1) is 9.54. The lowest BCUT2D eigenvalue weighted by Crippen LogP contribution is -2.08. The molecule has 1 aliphatic rings. The maximum atomic E-state index is 12.7. The summed E-state index contributed by atoms with van der Waals surface area (Å²) in [5.74, 6) is 0.808. The van der Waals surface area contributed by atoms with E-state index >= 15 is 0 Å². The third-order valence-corrected chi connectivity index (χ3v) is 3.30. The Labute approximate surface area is 113 Å². The van der Waals surface area contributed by atoms with E-state index in [0.29, 0.717) is 11.5 Å². The molecule has 4 nitrogen and oxygen atoms in total. The van der Waals surface area contributed by atoms with Gasteiger partial charge in [-0.3, -0.25) is 0 Å². The van der Waals surface area contributed by atoms with E-state index < -0.39 is 11.7 Å². The number of nitrogens with zero attached hydrogens (tertiary/aromatic N) is 2. The van der Waals surface area contributed by atoms with Crippen LogP contribution in [0.3, 0.4) is 0 Å². The average molecular weight is 283 g/mol. The molecule has 1 unspecified atom stereocenters. The van der Waals surface area contributed by atoms with Gasteiger partial charge < -0.3 is 9.84 Å². The minimum Gasteiger partial charge on any atom is -0.339 e. The predicted molar refractivity (Wildman–Crippen MR) is 65.0 cm³/mol. The molecule has 2 heterocycles. The largest absolute Gasteiger partial charge is 0.416 e. The van der Waals surface area contributed by atoms with Crippen LogP contribution in [-0.4, -0.2) is 23.2 Å². The number of benzene rings is 1. The Morgan fingerprint density at radius 2 is 2.15 bits per heavy atom. The maximum absolute atomic E-state index is 12.7. The zero-order valence-electron chi connectivity index (χ0n) is 10.4. The van der Waals surface area contributed by atoms with Crippen LogP contribution >= 0.6 is 0 Å². The van der Waals surface area contributed by atoms with E-state index in [0.717, 1.165) is 31.6 Å². The molecule has 2 aromatic rings. The summed E-state index contributed by atoms with van der Waals surface area (Å²) in [6, 6.07) is 4.93. The molecule has 7 heteroatoms. The molecule has 1 N–H and O–H groups in total. The Morgan fingerprint density at radius 3 is 2.85 bits per heavy atom. The van der Waals surface area contributed by atoms with Gasteiger partial charge in [0.15, 0.2) is 0 Å². The van der Waals surface area contributed by atoms with Gasteiger partial charge in [-0.05, 0) is 25.1 Å². The zero-order chi connectivity index (χ0) is 14.2. The molecule has 1 aliphatic heterocycles. The van der Waals surface area contributed by atoms with Gasteiger partial charge in [0.25, 0.3) is 0 Å².